The van der Waals surface area contributed by atoms with E-state index in [1.807, 2.05) is 61.5 Å². The minimum Gasteiger partial charge on any atom is -0.497 e. The van der Waals surface area contributed by atoms with Gasteiger partial charge in [0.2, 0.25) is 17.6 Å². The van der Waals surface area contributed by atoms with E-state index in [1.54, 1.807) is 7.11 Å². The Hall–Kier alpha value is -3.19. The smallest absolute Gasteiger partial charge is 0.249 e. The molecule has 1 N–H and O–H groups in total. The van der Waals surface area contributed by atoms with Crippen LogP contribution < -0.4 is 10.1 Å². The van der Waals surface area contributed by atoms with Gasteiger partial charge < -0.3 is 19.3 Å². The van der Waals surface area contributed by atoms with Gasteiger partial charge in [0, 0.05) is 5.56 Å². The molecule has 0 aliphatic carbocycles. The summed E-state index contributed by atoms with van der Waals surface area (Å²) in [5.74, 6) is 1.42. The molecule has 2 aromatic carbocycles. The average Bonchev–Trinajstić information content (AvgIpc) is 3.28. The number of aromatic nitrogens is 2. The molecule has 7 heteroatoms. The molecule has 0 saturated carbocycles. The Morgan fingerprint density at radius 1 is 1.17 bits per heavy atom. The third-order valence-corrected chi connectivity index (χ3v) is 4.91. The minimum absolute atomic E-state index is 0.0429. The van der Waals surface area contributed by atoms with Crippen LogP contribution in [0.4, 0.5) is 0 Å². The fourth-order valence-corrected chi connectivity index (χ4v) is 2.97. The van der Waals surface area contributed by atoms with Gasteiger partial charge in [-0.1, -0.05) is 67.9 Å². The van der Waals surface area contributed by atoms with Crippen molar-refractivity contribution in [3.05, 3.63) is 66.1 Å². The van der Waals surface area contributed by atoms with Crippen molar-refractivity contribution in [2.75, 3.05) is 13.7 Å². The third-order valence-electron chi connectivity index (χ3n) is 4.91. The number of benzene rings is 2. The zero-order valence-electron chi connectivity index (χ0n) is 17.5. The van der Waals surface area contributed by atoms with E-state index in [0.717, 1.165) is 17.5 Å². The van der Waals surface area contributed by atoms with Crippen molar-refractivity contribution < 1.29 is 18.8 Å². The Morgan fingerprint density at radius 2 is 1.97 bits per heavy atom. The summed E-state index contributed by atoms with van der Waals surface area (Å²) in [6.07, 6.45) is 0.840. The molecule has 0 fully saturated rings. The number of carbonyl (C=O) groups is 1. The molecule has 30 heavy (non-hydrogen) atoms. The number of methoxy groups -OCH3 is 1. The average molecular weight is 409 g/mol. The molecular formula is C23H27N3O4. The number of ether oxygens (including phenoxy) is 2. The number of rotatable bonds is 10. The molecule has 0 aliphatic rings. The maximum absolute atomic E-state index is 12.5. The lowest BCUT2D eigenvalue weighted by Crippen LogP contribution is -2.35. The van der Waals surface area contributed by atoms with Crippen LogP contribution in [0.5, 0.6) is 5.75 Å². The molecule has 3 aromatic rings. The summed E-state index contributed by atoms with van der Waals surface area (Å²) in [5, 5.41) is 7.06. The third kappa shape index (κ3) is 5.67. The summed E-state index contributed by atoms with van der Waals surface area (Å²) in [6.45, 7) is 4.42. The Balaban J connectivity index is 1.65. The number of carbonyl (C=O) groups excluding carboxylic acids is 1. The van der Waals surface area contributed by atoms with Gasteiger partial charge in [0.1, 0.15) is 18.4 Å². The standard InChI is InChI=1S/C23H27N3O4/c1-4-16(2)21(24-20(27)15-29-14-17-9-6-5-7-10-17)23-25-22(26-30-23)18-11-8-12-19(13-18)28-3/h5-13,16,21H,4,14-15H2,1-3H3,(H,24,27)/t16-,21-/m0/s1. The van der Waals surface area contributed by atoms with Crippen molar-refractivity contribution in [2.45, 2.75) is 32.9 Å². The van der Waals surface area contributed by atoms with Crippen molar-refractivity contribution in [2.24, 2.45) is 5.92 Å². The highest BCUT2D eigenvalue weighted by Crippen LogP contribution is 2.27. The Kier molecular flexibility index (Phi) is 7.57. The van der Waals surface area contributed by atoms with E-state index in [1.165, 1.54) is 0 Å². The van der Waals surface area contributed by atoms with Crippen LogP contribution in [0.1, 0.15) is 37.8 Å². The van der Waals surface area contributed by atoms with Crippen LogP contribution >= 0.6 is 0 Å². The number of hydrogen-bond acceptors (Lipinski definition) is 6. The van der Waals surface area contributed by atoms with E-state index in [4.69, 9.17) is 14.0 Å². The lowest BCUT2D eigenvalue weighted by atomic mass is 9.99. The molecule has 0 unspecified atom stereocenters. The fraction of sp³-hybridized carbons (Fsp3) is 0.348. The Morgan fingerprint density at radius 3 is 2.70 bits per heavy atom. The lowest BCUT2D eigenvalue weighted by molar-refractivity contribution is -0.127. The minimum atomic E-state index is -0.394. The number of hydrogen-bond donors (Lipinski definition) is 1. The highest BCUT2D eigenvalue weighted by Gasteiger charge is 2.26. The number of nitrogens with zero attached hydrogens (tertiary/aromatic N) is 2. The molecule has 0 aliphatic heterocycles. The second-order valence-electron chi connectivity index (χ2n) is 7.10. The van der Waals surface area contributed by atoms with E-state index < -0.39 is 6.04 Å². The van der Waals surface area contributed by atoms with Crippen LogP contribution in [0.25, 0.3) is 11.4 Å². The second kappa shape index (κ2) is 10.5. The van der Waals surface area contributed by atoms with Gasteiger partial charge in [-0.3, -0.25) is 4.79 Å². The maximum atomic E-state index is 12.5. The quantitative estimate of drug-likeness (QED) is 0.541. The van der Waals surface area contributed by atoms with Crippen LogP contribution in [-0.2, 0) is 16.1 Å². The second-order valence-corrected chi connectivity index (χ2v) is 7.10. The van der Waals surface area contributed by atoms with E-state index in [-0.39, 0.29) is 18.4 Å². The SMILES string of the molecule is CC[C@H](C)[C@H](NC(=O)COCc1ccccc1)c1nc(-c2cccc(OC)c2)no1. The lowest BCUT2D eigenvalue weighted by Gasteiger charge is -2.20. The summed E-state index contributed by atoms with van der Waals surface area (Å²) in [5.41, 5.74) is 1.80. The van der Waals surface area contributed by atoms with Gasteiger partial charge in [-0.25, -0.2) is 0 Å². The van der Waals surface area contributed by atoms with Gasteiger partial charge in [-0.2, -0.15) is 4.98 Å². The van der Waals surface area contributed by atoms with Crippen LogP contribution in [0, 0.1) is 5.92 Å². The zero-order chi connectivity index (χ0) is 21.3. The molecule has 0 saturated heterocycles. The monoisotopic (exact) mass is 409 g/mol. The van der Waals surface area contributed by atoms with Gasteiger partial charge in [0.25, 0.3) is 0 Å². The highest BCUT2D eigenvalue weighted by atomic mass is 16.5. The van der Waals surface area contributed by atoms with E-state index in [9.17, 15) is 4.79 Å². The predicted molar refractivity (Wildman–Crippen MR) is 113 cm³/mol. The number of nitrogens with one attached hydrogen (secondary N) is 1. The van der Waals surface area contributed by atoms with E-state index in [2.05, 4.69) is 22.4 Å². The molecule has 3 rings (SSSR count). The summed E-state index contributed by atoms with van der Waals surface area (Å²) in [6, 6.07) is 16.8. The van der Waals surface area contributed by atoms with Gasteiger partial charge >= 0.3 is 0 Å². The predicted octanol–water partition coefficient (Wildman–Crippen LogP) is 4.17. The zero-order valence-corrected chi connectivity index (χ0v) is 17.5. The Bertz CT molecular complexity index is 942. The highest BCUT2D eigenvalue weighted by molar-refractivity contribution is 5.77. The van der Waals surface area contributed by atoms with Gasteiger partial charge in [-0.15, -0.1) is 0 Å². The summed E-state index contributed by atoms with van der Waals surface area (Å²) < 4.78 is 16.3. The first-order valence-electron chi connectivity index (χ1n) is 9.99. The van der Waals surface area contributed by atoms with Crippen molar-refractivity contribution in [1.29, 1.82) is 0 Å². The summed E-state index contributed by atoms with van der Waals surface area (Å²) in [7, 11) is 1.61. The molecule has 0 spiro atoms. The molecule has 7 nitrogen and oxygen atoms in total. The van der Waals surface area contributed by atoms with Crippen molar-refractivity contribution >= 4 is 5.91 Å². The molecule has 1 aromatic heterocycles. The van der Waals surface area contributed by atoms with Gasteiger partial charge in [0.05, 0.1) is 13.7 Å². The molecule has 158 valence electrons. The first-order chi connectivity index (χ1) is 14.6. The van der Waals surface area contributed by atoms with Crippen molar-refractivity contribution in [3.63, 3.8) is 0 Å². The summed E-state index contributed by atoms with van der Waals surface area (Å²) in [4.78, 5) is 17.0. The number of amides is 1. The van der Waals surface area contributed by atoms with Gasteiger partial charge in [0.15, 0.2) is 0 Å². The van der Waals surface area contributed by atoms with E-state index in [0.29, 0.717) is 24.1 Å². The molecule has 2 atom stereocenters. The van der Waals surface area contributed by atoms with Crippen molar-refractivity contribution in [3.8, 4) is 17.1 Å². The molecule has 1 amide bonds. The molecule has 0 radical (unpaired) electrons. The molecular weight excluding hydrogens is 382 g/mol. The van der Waals surface area contributed by atoms with Crippen LogP contribution in [-0.4, -0.2) is 29.8 Å². The maximum Gasteiger partial charge on any atom is 0.249 e. The van der Waals surface area contributed by atoms with Crippen molar-refractivity contribution in [1.82, 2.24) is 15.5 Å². The molecule has 0 bridgehead atoms. The normalized spacial score (nSPS) is 12.9. The van der Waals surface area contributed by atoms with Gasteiger partial charge in [-0.05, 0) is 23.6 Å². The first-order valence-corrected chi connectivity index (χ1v) is 9.99. The van der Waals surface area contributed by atoms with Crippen LogP contribution in [0.3, 0.4) is 0 Å². The van der Waals surface area contributed by atoms with Crippen LogP contribution in [0.15, 0.2) is 59.1 Å². The fourth-order valence-electron chi connectivity index (χ4n) is 2.97. The Labute approximate surface area is 176 Å². The molecule has 1 heterocycles. The van der Waals surface area contributed by atoms with E-state index >= 15 is 0 Å². The first kappa shape index (κ1) is 21.5. The largest absolute Gasteiger partial charge is 0.497 e. The topological polar surface area (TPSA) is 86.5 Å². The summed E-state index contributed by atoms with van der Waals surface area (Å²) >= 11 is 0. The van der Waals surface area contributed by atoms with Crippen LogP contribution in [0.2, 0.25) is 0 Å².